The second-order valence-electron chi connectivity index (χ2n) is 6.22. The minimum atomic E-state index is 0.624. The molecule has 4 nitrogen and oxygen atoms in total. The number of ether oxygens (including phenoxy) is 2. The quantitative estimate of drug-likeness (QED) is 0.535. The smallest absolute Gasteiger partial charge is 0.0701 e. The largest absolute Gasteiger partial charge is 0.379 e. The van der Waals surface area contributed by atoms with Gasteiger partial charge in [0.2, 0.25) is 0 Å². The lowest BCUT2D eigenvalue weighted by Gasteiger charge is -2.08. The Morgan fingerprint density at radius 3 is 1.60 bits per heavy atom. The first-order valence-corrected chi connectivity index (χ1v) is 8.92. The number of aromatic nitrogens is 2. The molecule has 2 heterocycles. The van der Waals surface area contributed by atoms with Crippen molar-refractivity contribution < 1.29 is 9.47 Å². The van der Waals surface area contributed by atoms with Gasteiger partial charge >= 0.3 is 0 Å². The van der Waals surface area contributed by atoms with Crippen LogP contribution in [0.15, 0.2) is 24.3 Å². The van der Waals surface area contributed by atoms with Crippen molar-refractivity contribution in [1.29, 1.82) is 0 Å². The average molecular weight is 342 g/mol. The third-order valence-electron chi connectivity index (χ3n) is 4.32. The van der Waals surface area contributed by atoms with Crippen LogP contribution in [0.3, 0.4) is 0 Å². The van der Waals surface area contributed by atoms with Gasteiger partial charge in [0.25, 0.3) is 0 Å². The summed E-state index contributed by atoms with van der Waals surface area (Å²) >= 11 is 0. The van der Waals surface area contributed by atoms with E-state index in [1.54, 1.807) is 0 Å². The first-order chi connectivity index (χ1) is 12.1. The van der Waals surface area contributed by atoms with Gasteiger partial charge in [0, 0.05) is 41.1 Å². The van der Waals surface area contributed by atoms with Crippen LogP contribution >= 0.6 is 0 Å². The van der Waals surface area contributed by atoms with Crippen molar-refractivity contribution in [2.24, 2.45) is 0 Å². The van der Waals surface area contributed by atoms with E-state index in [2.05, 4.69) is 35.4 Å². The summed E-state index contributed by atoms with van der Waals surface area (Å²) in [5, 5.41) is 4.02. The van der Waals surface area contributed by atoms with E-state index < -0.39 is 0 Å². The summed E-state index contributed by atoms with van der Waals surface area (Å²) in [7, 11) is 0. The predicted octanol–water partition coefficient (Wildman–Crippen LogP) is 0.835. The average Bonchev–Trinajstić information content (AvgIpc) is 3.08. The van der Waals surface area contributed by atoms with Gasteiger partial charge in [-0.15, -0.1) is 0 Å². The van der Waals surface area contributed by atoms with Crippen LogP contribution < -0.4 is 21.4 Å². The standard InChI is InChI=1S/C21H30N2O2/c1-18-8-9-19(2)22(18)12-6-5-7-14-24-16-17-25-15-13-23-20(3)10-11-21(23)4/h8-11H,1-7,12-17H2. The van der Waals surface area contributed by atoms with Gasteiger partial charge < -0.3 is 18.6 Å². The third-order valence-corrected chi connectivity index (χ3v) is 4.32. The Labute approximate surface area is 150 Å². The molecule has 4 heteroatoms. The maximum Gasteiger partial charge on any atom is 0.0701 e. The highest BCUT2D eigenvalue weighted by molar-refractivity contribution is 5.09. The highest BCUT2D eigenvalue weighted by Gasteiger charge is 1.97. The molecule has 0 N–H and O–H groups in total. The minimum absolute atomic E-state index is 0.624. The molecule has 0 aliphatic rings. The van der Waals surface area contributed by atoms with Crippen molar-refractivity contribution in [3.8, 4) is 0 Å². The molecular formula is C21H30N2O2. The van der Waals surface area contributed by atoms with Crippen molar-refractivity contribution >= 4 is 26.3 Å². The lowest BCUT2D eigenvalue weighted by atomic mass is 10.2. The van der Waals surface area contributed by atoms with Crippen LogP contribution in [-0.2, 0) is 22.6 Å². The number of nitrogens with zero attached hydrogens (tertiary/aromatic N) is 2. The van der Waals surface area contributed by atoms with E-state index >= 15 is 0 Å². The maximum absolute atomic E-state index is 5.62. The first-order valence-electron chi connectivity index (χ1n) is 8.92. The van der Waals surface area contributed by atoms with Crippen LogP contribution in [0.4, 0.5) is 0 Å². The van der Waals surface area contributed by atoms with Gasteiger partial charge in [0.05, 0.1) is 19.8 Å². The molecule has 0 radical (unpaired) electrons. The van der Waals surface area contributed by atoms with Crippen molar-refractivity contribution in [1.82, 2.24) is 9.13 Å². The lowest BCUT2D eigenvalue weighted by molar-refractivity contribution is 0.0431. The van der Waals surface area contributed by atoms with Crippen LogP contribution in [0.25, 0.3) is 26.3 Å². The van der Waals surface area contributed by atoms with Crippen LogP contribution in [0.5, 0.6) is 0 Å². The molecule has 0 bridgehead atoms. The zero-order chi connectivity index (χ0) is 18.1. The zero-order valence-corrected chi connectivity index (χ0v) is 15.2. The Hall–Kier alpha value is -2.04. The highest BCUT2D eigenvalue weighted by atomic mass is 16.5. The summed E-state index contributed by atoms with van der Waals surface area (Å²) in [4.78, 5) is 0. The maximum atomic E-state index is 5.62. The van der Waals surface area contributed by atoms with Gasteiger partial charge in [-0.1, -0.05) is 26.3 Å². The van der Waals surface area contributed by atoms with Gasteiger partial charge in [0.15, 0.2) is 0 Å². The fraction of sp³-hybridized carbons (Fsp3) is 0.429. The zero-order valence-electron chi connectivity index (χ0n) is 15.2. The topological polar surface area (TPSA) is 28.3 Å². The Kier molecular flexibility index (Phi) is 7.76. The molecular weight excluding hydrogens is 312 g/mol. The molecule has 0 saturated heterocycles. The second kappa shape index (κ2) is 10.1. The summed E-state index contributed by atoms with van der Waals surface area (Å²) in [5.74, 6) is 0. The Balaban J connectivity index is 1.44. The molecule has 0 aromatic carbocycles. The minimum Gasteiger partial charge on any atom is -0.379 e. The van der Waals surface area contributed by atoms with Crippen molar-refractivity contribution in [3.63, 3.8) is 0 Å². The molecule has 0 saturated carbocycles. The van der Waals surface area contributed by atoms with Crippen molar-refractivity contribution in [2.75, 3.05) is 26.4 Å². The number of rotatable bonds is 12. The van der Waals surface area contributed by atoms with Crippen LogP contribution in [0, 0.1) is 0 Å². The summed E-state index contributed by atoms with van der Waals surface area (Å²) in [6, 6.07) is 7.96. The summed E-state index contributed by atoms with van der Waals surface area (Å²) in [6.07, 6.45) is 3.33. The van der Waals surface area contributed by atoms with E-state index in [0.717, 1.165) is 60.4 Å². The number of hydrogen-bond acceptors (Lipinski definition) is 2. The van der Waals surface area contributed by atoms with Crippen LogP contribution in [0.2, 0.25) is 0 Å². The molecule has 136 valence electrons. The molecule has 0 aliphatic carbocycles. The predicted molar refractivity (Wildman–Crippen MR) is 105 cm³/mol. The molecule has 0 aliphatic heterocycles. The molecule has 0 fully saturated rings. The van der Waals surface area contributed by atoms with Gasteiger partial charge in [0.1, 0.15) is 0 Å². The van der Waals surface area contributed by atoms with E-state index in [-0.39, 0.29) is 0 Å². The summed E-state index contributed by atoms with van der Waals surface area (Å²) in [6.45, 7) is 20.4. The lowest BCUT2D eigenvalue weighted by Crippen LogP contribution is -2.27. The molecule has 2 rings (SSSR count). The van der Waals surface area contributed by atoms with Gasteiger partial charge in [-0.2, -0.15) is 0 Å². The van der Waals surface area contributed by atoms with Gasteiger partial charge in [-0.25, -0.2) is 0 Å². The Morgan fingerprint density at radius 2 is 1.04 bits per heavy atom. The number of hydrogen-bond donors (Lipinski definition) is 0. The summed E-state index contributed by atoms with van der Waals surface area (Å²) < 4.78 is 15.4. The van der Waals surface area contributed by atoms with Crippen molar-refractivity contribution in [3.05, 3.63) is 45.7 Å². The monoisotopic (exact) mass is 342 g/mol. The van der Waals surface area contributed by atoms with Gasteiger partial charge in [-0.3, -0.25) is 0 Å². The third kappa shape index (κ3) is 6.07. The Morgan fingerprint density at radius 1 is 0.560 bits per heavy atom. The molecule has 25 heavy (non-hydrogen) atoms. The Bertz CT molecular complexity index is 709. The van der Waals surface area contributed by atoms with E-state index in [1.165, 1.54) is 0 Å². The normalized spacial score (nSPS) is 11.2. The fourth-order valence-corrected chi connectivity index (χ4v) is 2.82. The summed E-state index contributed by atoms with van der Waals surface area (Å²) in [5.41, 5.74) is 0. The van der Waals surface area contributed by atoms with Crippen LogP contribution in [0.1, 0.15) is 19.3 Å². The molecule has 0 spiro atoms. The fourth-order valence-electron chi connectivity index (χ4n) is 2.82. The molecule has 2 aromatic heterocycles. The van der Waals surface area contributed by atoms with Crippen LogP contribution in [-0.4, -0.2) is 35.6 Å². The van der Waals surface area contributed by atoms with E-state index in [0.29, 0.717) is 19.8 Å². The first kappa shape index (κ1) is 19.3. The van der Waals surface area contributed by atoms with Gasteiger partial charge in [-0.05, 0) is 43.5 Å². The van der Waals surface area contributed by atoms with E-state index in [4.69, 9.17) is 9.47 Å². The molecule has 0 unspecified atom stereocenters. The molecule has 0 amide bonds. The molecule has 0 atom stereocenters. The number of unbranched alkanes of at least 4 members (excludes halogenated alkanes) is 2. The second-order valence-corrected chi connectivity index (χ2v) is 6.22. The van der Waals surface area contributed by atoms with Crippen molar-refractivity contribution in [2.45, 2.75) is 32.4 Å². The van der Waals surface area contributed by atoms with E-state index in [9.17, 15) is 0 Å². The SMILES string of the molecule is C=c1ccc(=C)n1CCCCCOCCOCCn1c(=C)ccc1=C. The van der Waals surface area contributed by atoms with E-state index in [1.807, 2.05) is 24.3 Å². The highest BCUT2D eigenvalue weighted by Crippen LogP contribution is 1.97. The molecule has 2 aromatic rings.